The number of carbonyl (C=O) groups excluding carboxylic acids is 1. The van der Waals surface area contributed by atoms with Crippen molar-refractivity contribution in [2.24, 2.45) is 0 Å². The lowest BCUT2D eigenvalue weighted by molar-refractivity contribution is -0.141. The molecule has 1 N–H and O–H groups in total. The van der Waals surface area contributed by atoms with Gasteiger partial charge in [-0.05, 0) is 27.8 Å². The fourth-order valence-electron chi connectivity index (χ4n) is 4.26. The number of aliphatic carboxylic acids is 1. The molecule has 1 aliphatic carbocycles. The first-order chi connectivity index (χ1) is 15.8. The van der Waals surface area contributed by atoms with Crippen molar-refractivity contribution in [3.05, 3.63) is 95.6 Å². The van der Waals surface area contributed by atoms with E-state index in [0.29, 0.717) is 9.87 Å². The minimum atomic E-state index is -4.22. The summed E-state index contributed by atoms with van der Waals surface area (Å²) in [5.74, 6) is -1.71. The first-order valence-corrected chi connectivity index (χ1v) is 12.2. The van der Waals surface area contributed by atoms with Gasteiger partial charge in [-0.15, -0.1) is 0 Å². The predicted octanol–water partition coefficient (Wildman–Crippen LogP) is 3.89. The number of hydrogen-bond donors (Lipinski definition) is 1. The molecule has 0 aliphatic heterocycles. The van der Waals surface area contributed by atoms with Crippen molar-refractivity contribution in [1.29, 1.82) is 0 Å². The Kier molecular flexibility index (Phi) is 6.20. The molecule has 1 amide bonds. The van der Waals surface area contributed by atoms with Crippen LogP contribution in [0, 0.1) is 0 Å². The first-order valence-electron chi connectivity index (χ1n) is 10.4. The Morgan fingerprint density at radius 2 is 1.42 bits per heavy atom. The van der Waals surface area contributed by atoms with Crippen molar-refractivity contribution in [1.82, 2.24) is 4.31 Å². The maximum atomic E-state index is 13.0. The zero-order chi connectivity index (χ0) is 23.6. The van der Waals surface area contributed by atoms with Crippen LogP contribution in [0.25, 0.3) is 11.1 Å². The van der Waals surface area contributed by atoms with Crippen LogP contribution in [0.3, 0.4) is 0 Å². The fraction of sp³-hybridized carbons (Fsp3) is 0.200. The standard InChI is InChI=1S/C25H23NO6S/c1-33(30,31)26(23(24(27)28)15-17-9-3-2-4-10-17)25(29)32-16-22-20-13-7-5-11-18(20)19-12-6-8-14-21(19)22/h2-14,22-23H,15-16H2,1H3,(H,27,28)/t23-/m0/s1. The van der Waals surface area contributed by atoms with Gasteiger partial charge in [0.2, 0.25) is 10.0 Å². The Morgan fingerprint density at radius 1 is 0.909 bits per heavy atom. The summed E-state index contributed by atoms with van der Waals surface area (Å²) in [6, 6.07) is 22.4. The summed E-state index contributed by atoms with van der Waals surface area (Å²) < 4.78 is 30.7. The molecule has 0 radical (unpaired) electrons. The molecule has 3 aromatic rings. The van der Waals surface area contributed by atoms with Gasteiger partial charge in [0.25, 0.3) is 0 Å². The second-order valence-electron chi connectivity index (χ2n) is 7.91. The average molecular weight is 466 g/mol. The number of ether oxygens (including phenoxy) is 1. The molecule has 4 rings (SSSR count). The van der Waals surface area contributed by atoms with E-state index in [1.807, 2.05) is 48.5 Å². The number of nitrogens with zero attached hydrogens (tertiary/aromatic N) is 1. The van der Waals surface area contributed by atoms with Gasteiger partial charge in [-0.3, -0.25) is 0 Å². The van der Waals surface area contributed by atoms with Gasteiger partial charge in [0.1, 0.15) is 6.61 Å². The maximum Gasteiger partial charge on any atom is 0.424 e. The van der Waals surface area contributed by atoms with E-state index >= 15 is 0 Å². The van der Waals surface area contributed by atoms with Gasteiger partial charge in [0.05, 0.1) is 6.26 Å². The molecule has 0 fully saturated rings. The van der Waals surface area contributed by atoms with E-state index in [4.69, 9.17) is 4.74 Å². The fourth-order valence-corrected chi connectivity index (χ4v) is 5.21. The molecule has 0 aromatic heterocycles. The van der Waals surface area contributed by atoms with E-state index in [0.717, 1.165) is 28.5 Å². The molecular weight excluding hydrogens is 442 g/mol. The summed E-state index contributed by atoms with van der Waals surface area (Å²) in [5.41, 5.74) is 4.58. The topological polar surface area (TPSA) is 101 Å². The van der Waals surface area contributed by atoms with Crippen LogP contribution in [0.1, 0.15) is 22.6 Å². The summed E-state index contributed by atoms with van der Waals surface area (Å²) in [4.78, 5) is 24.9. The molecule has 1 aliphatic rings. The number of rotatable bonds is 7. The van der Waals surface area contributed by atoms with Crippen LogP contribution in [0.4, 0.5) is 4.79 Å². The average Bonchev–Trinajstić information content (AvgIpc) is 3.11. The van der Waals surface area contributed by atoms with Crippen molar-refractivity contribution in [2.45, 2.75) is 18.4 Å². The lowest BCUT2D eigenvalue weighted by Gasteiger charge is -2.27. The van der Waals surface area contributed by atoms with Crippen LogP contribution >= 0.6 is 0 Å². The highest BCUT2D eigenvalue weighted by molar-refractivity contribution is 7.88. The molecule has 0 spiro atoms. The summed E-state index contributed by atoms with van der Waals surface area (Å²) in [6.07, 6.45) is -0.578. The van der Waals surface area contributed by atoms with E-state index in [1.165, 1.54) is 0 Å². The lowest BCUT2D eigenvalue weighted by atomic mass is 9.98. The van der Waals surface area contributed by atoms with Crippen molar-refractivity contribution in [3.8, 4) is 11.1 Å². The largest absolute Gasteiger partial charge is 0.480 e. The molecule has 3 aromatic carbocycles. The number of hydrogen-bond acceptors (Lipinski definition) is 5. The quantitative estimate of drug-likeness (QED) is 0.568. The SMILES string of the molecule is CS(=O)(=O)N(C(=O)OCC1c2ccccc2-c2ccccc21)[C@@H](Cc1ccccc1)C(=O)O. The molecule has 7 nitrogen and oxygen atoms in total. The molecule has 0 unspecified atom stereocenters. The van der Waals surface area contributed by atoms with Gasteiger partial charge >= 0.3 is 12.1 Å². The molecule has 0 saturated carbocycles. The zero-order valence-corrected chi connectivity index (χ0v) is 18.7. The highest BCUT2D eigenvalue weighted by Gasteiger charge is 2.39. The Labute approximate surface area is 192 Å². The number of carbonyl (C=O) groups is 2. The number of sulfonamides is 1. The highest BCUT2D eigenvalue weighted by atomic mass is 32.2. The molecule has 1 atom stereocenters. The molecule has 0 bridgehead atoms. The number of carboxylic acid groups (broad SMARTS) is 1. The number of benzene rings is 3. The molecule has 0 heterocycles. The van der Waals surface area contributed by atoms with E-state index in [2.05, 4.69) is 0 Å². The van der Waals surface area contributed by atoms with E-state index in [9.17, 15) is 23.1 Å². The Hall–Kier alpha value is -3.65. The Morgan fingerprint density at radius 3 is 1.94 bits per heavy atom. The third-order valence-corrected chi connectivity index (χ3v) is 6.83. The molecule has 8 heteroatoms. The van der Waals surface area contributed by atoms with Crippen molar-refractivity contribution < 1.29 is 27.9 Å². The minimum absolute atomic E-state index is 0.115. The highest BCUT2D eigenvalue weighted by Crippen LogP contribution is 2.44. The van der Waals surface area contributed by atoms with Gasteiger partial charge < -0.3 is 9.84 Å². The summed E-state index contributed by atoms with van der Waals surface area (Å²) in [5, 5.41) is 9.74. The molecule has 170 valence electrons. The van der Waals surface area contributed by atoms with Gasteiger partial charge in [0, 0.05) is 12.3 Å². The maximum absolute atomic E-state index is 13.0. The van der Waals surface area contributed by atoms with Crippen LogP contribution in [-0.2, 0) is 26.0 Å². The van der Waals surface area contributed by atoms with Crippen LogP contribution in [0.5, 0.6) is 0 Å². The zero-order valence-electron chi connectivity index (χ0n) is 17.9. The van der Waals surface area contributed by atoms with Crippen LogP contribution in [0.15, 0.2) is 78.9 Å². The molecule has 33 heavy (non-hydrogen) atoms. The second-order valence-corrected chi connectivity index (χ2v) is 9.77. The lowest BCUT2D eigenvalue weighted by Crippen LogP contribution is -2.49. The summed E-state index contributed by atoms with van der Waals surface area (Å²) in [7, 11) is -4.22. The first kappa shape index (κ1) is 22.5. The van der Waals surface area contributed by atoms with E-state index in [1.54, 1.807) is 30.3 Å². The van der Waals surface area contributed by atoms with Gasteiger partial charge in [-0.25, -0.2) is 18.0 Å². The van der Waals surface area contributed by atoms with Crippen LogP contribution in [0.2, 0.25) is 0 Å². The third-order valence-electron chi connectivity index (χ3n) is 5.71. The van der Waals surface area contributed by atoms with Crippen molar-refractivity contribution >= 4 is 22.1 Å². The predicted molar refractivity (Wildman–Crippen MR) is 123 cm³/mol. The Balaban J connectivity index is 1.59. The smallest absolute Gasteiger partial charge is 0.424 e. The van der Waals surface area contributed by atoms with Crippen LogP contribution < -0.4 is 0 Å². The van der Waals surface area contributed by atoms with Crippen molar-refractivity contribution in [2.75, 3.05) is 12.9 Å². The minimum Gasteiger partial charge on any atom is -0.480 e. The normalized spacial score (nSPS) is 13.6. The number of carboxylic acids is 1. The van der Waals surface area contributed by atoms with Gasteiger partial charge in [-0.1, -0.05) is 78.9 Å². The molecular formula is C25H23NO6S. The summed E-state index contributed by atoms with van der Waals surface area (Å²) in [6.45, 7) is -0.115. The monoisotopic (exact) mass is 465 g/mol. The van der Waals surface area contributed by atoms with Crippen molar-refractivity contribution in [3.63, 3.8) is 0 Å². The second kappa shape index (κ2) is 9.07. The number of amides is 1. The van der Waals surface area contributed by atoms with E-state index < -0.39 is 28.1 Å². The number of fused-ring (bicyclic) bond motifs is 3. The third kappa shape index (κ3) is 4.61. The van der Waals surface area contributed by atoms with Crippen LogP contribution in [-0.4, -0.2) is 48.8 Å². The molecule has 0 saturated heterocycles. The van der Waals surface area contributed by atoms with Gasteiger partial charge in [-0.2, -0.15) is 4.31 Å². The Bertz CT molecular complexity index is 1240. The summed E-state index contributed by atoms with van der Waals surface area (Å²) >= 11 is 0. The van der Waals surface area contributed by atoms with E-state index in [-0.39, 0.29) is 18.9 Å². The van der Waals surface area contributed by atoms with Gasteiger partial charge in [0.15, 0.2) is 6.04 Å².